The van der Waals surface area contributed by atoms with Crippen molar-refractivity contribution in [2.24, 2.45) is 0 Å². The Hall–Kier alpha value is -1.48. The predicted molar refractivity (Wildman–Crippen MR) is 112 cm³/mol. The first-order valence-electron chi connectivity index (χ1n) is 9.40. The van der Waals surface area contributed by atoms with Crippen LogP contribution in [0.3, 0.4) is 0 Å². The molecule has 3 rings (SSSR count). The number of aliphatic hydroxyl groups is 1. The number of hydrogen-bond acceptors (Lipinski definition) is 4. The number of alkyl halides is 4. The summed E-state index contributed by atoms with van der Waals surface area (Å²) in [5.41, 5.74) is -2.25. The number of allylic oxidation sites excluding steroid dienone is 1. The van der Waals surface area contributed by atoms with Crippen molar-refractivity contribution in [2.45, 2.75) is 57.4 Å². The van der Waals surface area contributed by atoms with Crippen molar-refractivity contribution in [3.05, 3.63) is 73.3 Å². The Bertz CT molecular complexity index is 851. The Labute approximate surface area is 181 Å². The van der Waals surface area contributed by atoms with Crippen molar-refractivity contribution in [1.82, 2.24) is 0 Å². The minimum absolute atomic E-state index is 0.101. The fraction of sp³-hybridized carbons (Fsp3) is 0.364. The molecule has 30 heavy (non-hydrogen) atoms. The van der Waals surface area contributed by atoms with Gasteiger partial charge in [-0.1, -0.05) is 42.5 Å². The molecule has 0 bridgehead atoms. The van der Waals surface area contributed by atoms with Gasteiger partial charge in [0.15, 0.2) is 0 Å². The first kappa shape index (κ1) is 23.2. The van der Waals surface area contributed by atoms with E-state index in [9.17, 15) is 13.9 Å². The van der Waals surface area contributed by atoms with Crippen LogP contribution >= 0.6 is 23.5 Å². The number of hydrogen-bond donors (Lipinski definition) is 1. The summed E-state index contributed by atoms with van der Waals surface area (Å²) in [4.78, 5) is 0.485. The molecule has 2 aromatic rings. The average Bonchev–Trinajstić information content (AvgIpc) is 3.08. The van der Waals surface area contributed by atoms with E-state index < -0.39 is 34.7 Å². The Morgan fingerprint density at radius 1 is 0.900 bits per heavy atom. The first-order valence-corrected chi connectivity index (χ1v) is 11.0. The van der Waals surface area contributed by atoms with Gasteiger partial charge in [0.2, 0.25) is 5.79 Å². The summed E-state index contributed by atoms with van der Waals surface area (Å²) >= 11 is 0.353. The first-order chi connectivity index (χ1) is 14.1. The van der Waals surface area contributed by atoms with Crippen molar-refractivity contribution in [3.8, 4) is 0 Å². The van der Waals surface area contributed by atoms with Crippen LogP contribution in [0, 0.1) is 0 Å². The van der Waals surface area contributed by atoms with Gasteiger partial charge in [-0.25, -0.2) is 0 Å². The summed E-state index contributed by atoms with van der Waals surface area (Å²) in [6, 6.07) is 15.7. The van der Waals surface area contributed by atoms with E-state index >= 15 is 8.78 Å². The molecule has 2 atom stereocenters. The lowest BCUT2D eigenvalue weighted by molar-refractivity contribution is -0.313. The molecule has 1 aliphatic heterocycles. The van der Waals surface area contributed by atoms with E-state index in [4.69, 9.17) is 4.74 Å². The highest BCUT2D eigenvalue weighted by atomic mass is 32.2. The summed E-state index contributed by atoms with van der Waals surface area (Å²) in [7, 11) is 0. The van der Waals surface area contributed by atoms with Crippen LogP contribution in [-0.2, 0) is 4.74 Å². The second-order valence-electron chi connectivity index (χ2n) is 7.07. The molecule has 0 amide bonds. The van der Waals surface area contributed by atoms with Gasteiger partial charge in [0.05, 0.1) is 0 Å². The molecule has 0 aromatic heterocycles. The second kappa shape index (κ2) is 8.94. The summed E-state index contributed by atoms with van der Waals surface area (Å²) < 4.78 is 66.1. The third-order valence-corrected chi connectivity index (χ3v) is 7.17. The number of rotatable bonds is 9. The molecule has 2 aromatic carbocycles. The van der Waals surface area contributed by atoms with Gasteiger partial charge >= 0.3 is 10.5 Å². The van der Waals surface area contributed by atoms with Gasteiger partial charge in [-0.15, -0.1) is 6.58 Å². The van der Waals surface area contributed by atoms with E-state index in [1.54, 1.807) is 36.4 Å². The fourth-order valence-electron chi connectivity index (χ4n) is 3.31. The van der Waals surface area contributed by atoms with Gasteiger partial charge in [0.1, 0.15) is 5.60 Å². The van der Waals surface area contributed by atoms with Crippen molar-refractivity contribution >= 4 is 23.5 Å². The molecule has 162 valence electrons. The normalized spacial score (nSPS) is 24.7. The third kappa shape index (κ3) is 4.72. The van der Waals surface area contributed by atoms with E-state index in [2.05, 4.69) is 6.58 Å². The number of thioether (sulfide) groups is 2. The Morgan fingerprint density at radius 3 is 1.90 bits per heavy atom. The van der Waals surface area contributed by atoms with Gasteiger partial charge in [-0.05, 0) is 67.1 Å². The minimum atomic E-state index is -3.82. The van der Waals surface area contributed by atoms with Crippen LogP contribution < -0.4 is 0 Å². The maximum Gasteiger partial charge on any atom is 0.350 e. The number of ether oxygens (including phenoxy) is 1. The highest BCUT2D eigenvalue weighted by Crippen LogP contribution is 2.59. The molecule has 1 fully saturated rings. The van der Waals surface area contributed by atoms with Crippen molar-refractivity contribution in [3.63, 3.8) is 0 Å². The smallest absolute Gasteiger partial charge is 0.350 e. The van der Waals surface area contributed by atoms with Crippen LogP contribution in [0.15, 0.2) is 83.1 Å². The van der Waals surface area contributed by atoms with Crippen LogP contribution in [0.5, 0.6) is 0 Å². The quantitative estimate of drug-likeness (QED) is 0.250. The summed E-state index contributed by atoms with van der Waals surface area (Å²) in [6.07, 6.45) is 0.315. The fourth-order valence-corrected chi connectivity index (χ4v) is 5.22. The molecule has 1 aliphatic rings. The third-order valence-electron chi connectivity index (χ3n) is 4.95. The summed E-state index contributed by atoms with van der Waals surface area (Å²) in [6.45, 7) is 3.54. The zero-order chi connectivity index (χ0) is 21.9. The van der Waals surface area contributed by atoms with Gasteiger partial charge < -0.3 is 9.84 Å². The second-order valence-corrected chi connectivity index (χ2v) is 9.45. The SMILES string of the molecule is C=CCCC1(C(F)(F)Sc2ccccc2)CCC(O)(C(F)(F)Sc2ccccc2)O1. The highest BCUT2D eigenvalue weighted by molar-refractivity contribution is 8.00. The Kier molecular flexibility index (Phi) is 6.91. The average molecular weight is 459 g/mol. The number of benzene rings is 2. The Morgan fingerprint density at radius 2 is 1.40 bits per heavy atom. The van der Waals surface area contributed by atoms with E-state index in [-0.39, 0.29) is 46.2 Å². The monoisotopic (exact) mass is 458 g/mol. The standard InChI is InChI=1S/C22H22F4O2S2/c1-2-3-14-19(21(23,24)29-17-10-6-4-7-11-17)15-16-20(27,28-19)22(25,26)30-18-12-8-5-9-13-18/h2,4-13,27H,1,3,14-16H2. The van der Waals surface area contributed by atoms with Gasteiger partial charge in [-0.2, -0.15) is 17.6 Å². The lowest BCUT2D eigenvalue weighted by atomic mass is 9.93. The van der Waals surface area contributed by atoms with Crippen LogP contribution in [0.2, 0.25) is 0 Å². The molecule has 1 heterocycles. The van der Waals surface area contributed by atoms with Crippen LogP contribution in [0.1, 0.15) is 25.7 Å². The van der Waals surface area contributed by atoms with E-state index in [0.717, 1.165) is 0 Å². The summed E-state index contributed by atoms with van der Waals surface area (Å²) in [5, 5.41) is 3.32. The maximum absolute atomic E-state index is 15.4. The number of halogens is 4. The maximum atomic E-state index is 15.4. The molecule has 1 saturated heterocycles. The van der Waals surface area contributed by atoms with Gasteiger partial charge in [0, 0.05) is 16.2 Å². The molecule has 0 radical (unpaired) electrons. The molecule has 2 nitrogen and oxygen atoms in total. The van der Waals surface area contributed by atoms with Gasteiger partial charge in [0.25, 0.3) is 0 Å². The largest absolute Gasteiger partial charge is 0.360 e. The van der Waals surface area contributed by atoms with Crippen molar-refractivity contribution in [2.75, 3.05) is 0 Å². The molecular weight excluding hydrogens is 436 g/mol. The van der Waals surface area contributed by atoms with E-state index in [1.165, 1.54) is 30.3 Å². The molecule has 0 spiro atoms. The zero-order valence-corrected chi connectivity index (χ0v) is 17.7. The topological polar surface area (TPSA) is 29.5 Å². The molecule has 0 saturated carbocycles. The Balaban J connectivity index is 1.88. The van der Waals surface area contributed by atoms with Crippen LogP contribution in [0.25, 0.3) is 0 Å². The molecule has 0 aliphatic carbocycles. The minimum Gasteiger partial charge on any atom is -0.360 e. The zero-order valence-electron chi connectivity index (χ0n) is 16.1. The molecule has 8 heteroatoms. The van der Waals surface area contributed by atoms with Crippen molar-refractivity contribution < 1.29 is 27.4 Å². The molecule has 1 N–H and O–H groups in total. The van der Waals surface area contributed by atoms with E-state index in [0.29, 0.717) is 0 Å². The van der Waals surface area contributed by atoms with Crippen LogP contribution in [0.4, 0.5) is 17.6 Å². The predicted octanol–water partition coefficient (Wildman–Crippen LogP) is 6.96. The lowest BCUT2D eigenvalue weighted by Gasteiger charge is -2.39. The van der Waals surface area contributed by atoms with Gasteiger partial charge in [-0.3, -0.25) is 0 Å². The van der Waals surface area contributed by atoms with E-state index in [1.807, 2.05) is 0 Å². The summed E-state index contributed by atoms with van der Waals surface area (Å²) in [5.74, 6) is -3.02. The lowest BCUT2D eigenvalue weighted by Crippen LogP contribution is -2.52. The molecular formula is C22H22F4O2S2. The van der Waals surface area contributed by atoms with Crippen LogP contribution in [-0.4, -0.2) is 27.0 Å². The highest BCUT2D eigenvalue weighted by Gasteiger charge is 2.69. The molecule has 2 unspecified atom stereocenters. The van der Waals surface area contributed by atoms with Crippen molar-refractivity contribution in [1.29, 1.82) is 0 Å².